The number of nitrogens with zero attached hydrogens (tertiary/aromatic N) is 4. The molecule has 142 valence electrons. The Labute approximate surface area is 155 Å². The van der Waals surface area contributed by atoms with Crippen LogP contribution in [0.2, 0.25) is 0 Å². The molecule has 1 saturated carbocycles. The van der Waals surface area contributed by atoms with Crippen LogP contribution in [0.4, 0.5) is 13.2 Å². The summed E-state index contributed by atoms with van der Waals surface area (Å²) in [6.07, 6.45) is 2.37. The van der Waals surface area contributed by atoms with E-state index >= 15 is 0 Å². The van der Waals surface area contributed by atoms with E-state index in [9.17, 15) is 18.0 Å². The molecule has 0 radical (unpaired) electrons. The zero-order valence-electron chi connectivity index (χ0n) is 14.3. The molecular formula is C19H13F3N4O2. The predicted octanol–water partition coefficient (Wildman–Crippen LogP) is 4.20. The van der Waals surface area contributed by atoms with E-state index in [2.05, 4.69) is 9.97 Å². The molecule has 4 aromatic rings. The zero-order chi connectivity index (χ0) is 19.5. The second kappa shape index (κ2) is 5.82. The lowest BCUT2D eigenvalue weighted by Gasteiger charge is -2.08. The molecule has 1 aromatic carbocycles. The van der Waals surface area contributed by atoms with Gasteiger partial charge in [0.15, 0.2) is 18.0 Å². The largest absolute Gasteiger partial charge is 0.441 e. The monoisotopic (exact) mass is 386 g/mol. The molecule has 0 amide bonds. The Morgan fingerprint density at radius 1 is 1.11 bits per heavy atom. The lowest BCUT2D eigenvalue weighted by molar-refractivity contribution is -0.137. The van der Waals surface area contributed by atoms with Gasteiger partial charge in [0, 0.05) is 29.4 Å². The summed E-state index contributed by atoms with van der Waals surface area (Å²) in [6.45, 7) is 0. The minimum Gasteiger partial charge on any atom is -0.441 e. The summed E-state index contributed by atoms with van der Waals surface area (Å²) >= 11 is 0. The maximum absolute atomic E-state index is 12.8. The second-order valence-electron chi connectivity index (χ2n) is 6.71. The van der Waals surface area contributed by atoms with Gasteiger partial charge in [-0.3, -0.25) is 0 Å². The molecule has 3 aromatic heterocycles. The number of halogens is 3. The highest BCUT2D eigenvalue weighted by Crippen LogP contribution is 2.37. The van der Waals surface area contributed by atoms with Gasteiger partial charge in [-0.15, -0.1) is 0 Å². The van der Waals surface area contributed by atoms with Crippen LogP contribution in [0.15, 0.2) is 58.3 Å². The number of aromatic nitrogens is 4. The Kier molecular flexibility index (Phi) is 3.49. The molecule has 1 fully saturated rings. The van der Waals surface area contributed by atoms with E-state index in [-0.39, 0.29) is 11.6 Å². The van der Waals surface area contributed by atoms with E-state index in [1.165, 1.54) is 16.7 Å². The third kappa shape index (κ3) is 2.70. The first-order valence-corrected chi connectivity index (χ1v) is 8.63. The molecule has 0 bridgehead atoms. The number of oxazole rings is 1. The minimum absolute atomic E-state index is 0.179. The van der Waals surface area contributed by atoms with E-state index in [1.807, 2.05) is 16.8 Å². The molecule has 28 heavy (non-hydrogen) atoms. The third-order valence-electron chi connectivity index (χ3n) is 4.78. The van der Waals surface area contributed by atoms with Crippen molar-refractivity contribution in [3.8, 4) is 17.1 Å². The Morgan fingerprint density at radius 3 is 2.54 bits per heavy atom. The fourth-order valence-electron chi connectivity index (χ4n) is 3.24. The lowest BCUT2D eigenvalue weighted by Crippen LogP contribution is -2.22. The van der Waals surface area contributed by atoms with Crippen molar-refractivity contribution in [1.82, 2.24) is 19.1 Å². The normalized spacial score (nSPS) is 14.7. The lowest BCUT2D eigenvalue weighted by atomic mass is 10.1. The van der Waals surface area contributed by atoms with Crippen molar-refractivity contribution < 1.29 is 17.6 Å². The van der Waals surface area contributed by atoms with Crippen LogP contribution >= 0.6 is 0 Å². The van der Waals surface area contributed by atoms with E-state index in [0.29, 0.717) is 17.3 Å². The van der Waals surface area contributed by atoms with Crippen LogP contribution in [-0.2, 0) is 6.18 Å². The molecule has 6 nitrogen and oxygen atoms in total. The van der Waals surface area contributed by atoms with Gasteiger partial charge in [-0.25, -0.2) is 9.36 Å². The molecule has 0 spiro atoms. The van der Waals surface area contributed by atoms with Crippen molar-refractivity contribution in [2.24, 2.45) is 0 Å². The molecule has 0 atom stereocenters. The van der Waals surface area contributed by atoms with Crippen molar-refractivity contribution in [3.63, 3.8) is 0 Å². The Balaban J connectivity index is 1.59. The Morgan fingerprint density at radius 2 is 1.86 bits per heavy atom. The Bertz CT molecular complexity index is 1230. The molecule has 3 heterocycles. The highest BCUT2D eigenvalue weighted by atomic mass is 19.4. The number of fused-ring (bicyclic) bond motifs is 1. The topological polar surface area (TPSA) is 65.8 Å². The summed E-state index contributed by atoms with van der Waals surface area (Å²) < 4.78 is 46.9. The number of rotatable bonds is 3. The van der Waals surface area contributed by atoms with Gasteiger partial charge in [-0.05, 0) is 31.0 Å². The molecule has 1 aliphatic rings. The number of hydrogen-bond donors (Lipinski definition) is 0. The molecule has 5 rings (SSSR count). The van der Waals surface area contributed by atoms with Crippen molar-refractivity contribution >= 4 is 11.0 Å². The minimum atomic E-state index is -4.43. The van der Waals surface area contributed by atoms with Gasteiger partial charge in [0.25, 0.3) is 0 Å². The van der Waals surface area contributed by atoms with E-state index in [0.717, 1.165) is 36.8 Å². The van der Waals surface area contributed by atoms with Gasteiger partial charge in [-0.2, -0.15) is 23.1 Å². The van der Waals surface area contributed by atoms with Crippen molar-refractivity contribution in [2.75, 3.05) is 0 Å². The van der Waals surface area contributed by atoms with Crippen LogP contribution in [0.25, 0.3) is 28.2 Å². The second-order valence-corrected chi connectivity index (χ2v) is 6.71. The summed E-state index contributed by atoms with van der Waals surface area (Å²) in [5, 5.41) is 0.771. The number of alkyl halides is 3. The Hall–Kier alpha value is -3.36. The highest BCUT2D eigenvalue weighted by Gasteiger charge is 2.30. The smallest absolute Gasteiger partial charge is 0.416 e. The first-order valence-electron chi connectivity index (χ1n) is 8.63. The summed E-state index contributed by atoms with van der Waals surface area (Å²) in [4.78, 5) is 20.9. The SMILES string of the molecule is O=c1nc2c(ccn2C2CC2)cn1-c1ncoc1-c1ccc(C(F)(F)F)cc1. The van der Waals surface area contributed by atoms with Crippen LogP contribution in [-0.4, -0.2) is 19.1 Å². The van der Waals surface area contributed by atoms with Crippen LogP contribution in [0.1, 0.15) is 24.4 Å². The molecular weight excluding hydrogens is 373 g/mol. The van der Waals surface area contributed by atoms with Crippen molar-refractivity contribution in [2.45, 2.75) is 25.1 Å². The first kappa shape index (κ1) is 16.8. The van der Waals surface area contributed by atoms with Crippen molar-refractivity contribution in [1.29, 1.82) is 0 Å². The van der Waals surface area contributed by atoms with E-state index < -0.39 is 17.4 Å². The fraction of sp³-hybridized carbons (Fsp3) is 0.211. The average molecular weight is 386 g/mol. The molecule has 0 saturated heterocycles. The van der Waals surface area contributed by atoms with Crippen molar-refractivity contribution in [3.05, 3.63) is 65.2 Å². The average Bonchev–Trinajstić information content (AvgIpc) is 3.24. The summed E-state index contributed by atoms with van der Waals surface area (Å²) in [5.41, 5.74) is -0.305. The summed E-state index contributed by atoms with van der Waals surface area (Å²) in [7, 11) is 0. The highest BCUT2D eigenvalue weighted by molar-refractivity contribution is 5.76. The number of benzene rings is 1. The van der Waals surface area contributed by atoms with Gasteiger partial charge in [0.05, 0.1) is 5.56 Å². The first-order chi connectivity index (χ1) is 13.4. The van der Waals surface area contributed by atoms with Gasteiger partial charge >= 0.3 is 11.9 Å². The zero-order valence-corrected chi connectivity index (χ0v) is 14.3. The van der Waals surface area contributed by atoms with E-state index in [4.69, 9.17) is 4.42 Å². The summed E-state index contributed by atoms with van der Waals surface area (Å²) in [5.74, 6) is 0.372. The fourth-order valence-corrected chi connectivity index (χ4v) is 3.24. The molecule has 0 unspecified atom stereocenters. The van der Waals surface area contributed by atoms with Crippen LogP contribution in [0, 0.1) is 0 Å². The maximum atomic E-state index is 12.8. The van der Waals surface area contributed by atoms with Crippen LogP contribution in [0.5, 0.6) is 0 Å². The maximum Gasteiger partial charge on any atom is 0.416 e. The number of hydrogen-bond acceptors (Lipinski definition) is 4. The van der Waals surface area contributed by atoms with Gasteiger partial charge in [-0.1, -0.05) is 12.1 Å². The van der Waals surface area contributed by atoms with Gasteiger partial charge in [0.1, 0.15) is 5.65 Å². The van der Waals surface area contributed by atoms with Crippen LogP contribution in [0.3, 0.4) is 0 Å². The third-order valence-corrected chi connectivity index (χ3v) is 4.78. The molecule has 0 aliphatic heterocycles. The summed E-state index contributed by atoms with van der Waals surface area (Å²) in [6, 6.07) is 6.74. The van der Waals surface area contributed by atoms with Gasteiger partial charge < -0.3 is 8.98 Å². The van der Waals surface area contributed by atoms with E-state index in [1.54, 1.807) is 6.20 Å². The molecule has 9 heteroatoms. The predicted molar refractivity (Wildman–Crippen MR) is 94.1 cm³/mol. The quantitative estimate of drug-likeness (QED) is 0.529. The molecule has 1 aliphatic carbocycles. The standard InChI is InChI=1S/C19H13F3N4O2/c20-19(21,22)13-3-1-11(2-4-13)15-17(23-10-28-15)26-9-12-7-8-25(14-5-6-14)16(12)24-18(26)27/h1-4,7-10,14H,5-6H2. The van der Waals surface area contributed by atoms with Crippen LogP contribution < -0.4 is 5.69 Å². The molecule has 0 N–H and O–H groups in total. The van der Waals surface area contributed by atoms with Gasteiger partial charge in [0.2, 0.25) is 0 Å².